The van der Waals surface area contributed by atoms with Gasteiger partial charge in [-0.1, -0.05) is 25.8 Å². The van der Waals surface area contributed by atoms with Crippen LogP contribution in [0.5, 0.6) is 11.5 Å². The monoisotopic (exact) mass is 290 g/mol. The van der Waals surface area contributed by atoms with Gasteiger partial charge in [-0.15, -0.1) is 0 Å². The van der Waals surface area contributed by atoms with E-state index in [2.05, 4.69) is 24.5 Å². The molecule has 0 amide bonds. The molecule has 0 radical (unpaired) electrons. The number of ether oxygens (including phenoxy) is 2. The van der Waals surface area contributed by atoms with Crippen molar-refractivity contribution < 1.29 is 9.47 Å². The first-order valence-electron chi connectivity index (χ1n) is 8.15. The quantitative estimate of drug-likeness (QED) is 0.660. The van der Waals surface area contributed by atoms with Gasteiger partial charge in [0.2, 0.25) is 0 Å². The molecule has 1 fully saturated rings. The molecule has 4 heteroatoms. The highest BCUT2D eigenvalue weighted by Gasteiger charge is 2.40. The summed E-state index contributed by atoms with van der Waals surface area (Å²) in [5.74, 6) is 7.64. The highest BCUT2D eigenvalue weighted by molar-refractivity contribution is 5.44. The number of nitrogens with two attached hydrogens (primary N) is 1. The van der Waals surface area contributed by atoms with Crippen molar-refractivity contribution >= 4 is 0 Å². The van der Waals surface area contributed by atoms with Crippen LogP contribution in [0.15, 0.2) is 18.2 Å². The number of benzene rings is 1. The van der Waals surface area contributed by atoms with Crippen LogP contribution in [-0.4, -0.2) is 13.2 Å². The molecular formula is C17H26N2O2. The summed E-state index contributed by atoms with van der Waals surface area (Å²) >= 11 is 0. The van der Waals surface area contributed by atoms with Crippen LogP contribution in [-0.2, 0) is 0 Å². The van der Waals surface area contributed by atoms with E-state index in [1.165, 1.54) is 31.2 Å². The summed E-state index contributed by atoms with van der Waals surface area (Å²) in [6, 6.07) is 6.45. The lowest BCUT2D eigenvalue weighted by molar-refractivity contribution is 0.187. The molecule has 1 heterocycles. The topological polar surface area (TPSA) is 56.5 Å². The molecule has 3 N–H and O–H groups in total. The Balaban J connectivity index is 1.92. The molecule has 1 unspecified atom stereocenters. The second kappa shape index (κ2) is 6.24. The van der Waals surface area contributed by atoms with Crippen LogP contribution in [0.4, 0.5) is 0 Å². The average molecular weight is 290 g/mol. The van der Waals surface area contributed by atoms with E-state index in [1.807, 2.05) is 6.07 Å². The van der Waals surface area contributed by atoms with Gasteiger partial charge in [-0.3, -0.25) is 11.3 Å². The van der Waals surface area contributed by atoms with Gasteiger partial charge >= 0.3 is 0 Å². The third-order valence-corrected chi connectivity index (χ3v) is 5.19. The van der Waals surface area contributed by atoms with Crippen LogP contribution < -0.4 is 20.7 Å². The smallest absolute Gasteiger partial charge is 0.161 e. The number of hydrogen-bond acceptors (Lipinski definition) is 4. The molecule has 0 bridgehead atoms. The maximum Gasteiger partial charge on any atom is 0.161 e. The van der Waals surface area contributed by atoms with Gasteiger partial charge in [-0.05, 0) is 42.4 Å². The van der Waals surface area contributed by atoms with Crippen LogP contribution in [0, 0.1) is 5.41 Å². The number of nitrogens with one attached hydrogen (secondary N) is 1. The van der Waals surface area contributed by atoms with E-state index in [9.17, 15) is 0 Å². The van der Waals surface area contributed by atoms with E-state index >= 15 is 0 Å². The highest BCUT2D eigenvalue weighted by Crippen LogP contribution is 2.50. The normalized spacial score (nSPS) is 21.8. The summed E-state index contributed by atoms with van der Waals surface area (Å²) in [6.07, 6.45) is 7.17. The molecule has 1 atom stereocenters. The lowest BCUT2D eigenvalue weighted by Crippen LogP contribution is -2.40. The SMILES string of the molecule is CCC1(C(NN)c2ccc3c(c2)OCCCO3)CCCC1. The second-order valence-electron chi connectivity index (χ2n) is 6.28. The van der Waals surface area contributed by atoms with Gasteiger partial charge in [-0.25, -0.2) is 0 Å². The highest BCUT2D eigenvalue weighted by atomic mass is 16.5. The molecule has 1 aliphatic carbocycles. The van der Waals surface area contributed by atoms with Crippen molar-refractivity contribution in [3.8, 4) is 11.5 Å². The van der Waals surface area contributed by atoms with E-state index in [4.69, 9.17) is 15.3 Å². The summed E-state index contributed by atoms with van der Waals surface area (Å²) in [4.78, 5) is 0. The Morgan fingerprint density at radius 1 is 1.14 bits per heavy atom. The molecule has 1 aromatic carbocycles. The lowest BCUT2D eigenvalue weighted by Gasteiger charge is -2.37. The first-order chi connectivity index (χ1) is 10.3. The largest absolute Gasteiger partial charge is 0.490 e. The third kappa shape index (κ3) is 2.74. The standard InChI is InChI=1S/C17H26N2O2/c1-2-17(8-3-4-9-17)16(19-18)13-6-7-14-15(12-13)21-11-5-10-20-14/h6-7,12,16,19H,2-5,8-11,18H2,1H3. The van der Waals surface area contributed by atoms with E-state index in [-0.39, 0.29) is 11.5 Å². The molecule has 116 valence electrons. The zero-order valence-electron chi connectivity index (χ0n) is 12.9. The second-order valence-corrected chi connectivity index (χ2v) is 6.28. The Morgan fingerprint density at radius 2 is 1.86 bits per heavy atom. The van der Waals surface area contributed by atoms with E-state index in [0.717, 1.165) is 37.6 Å². The fourth-order valence-electron chi connectivity index (χ4n) is 3.91. The molecule has 2 aliphatic rings. The number of hydrazine groups is 1. The van der Waals surface area contributed by atoms with Gasteiger partial charge in [-0.2, -0.15) is 0 Å². The number of fused-ring (bicyclic) bond motifs is 1. The Hall–Kier alpha value is -1.26. The van der Waals surface area contributed by atoms with Crippen LogP contribution >= 0.6 is 0 Å². The van der Waals surface area contributed by atoms with Gasteiger partial charge in [0.05, 0.1) is 19.3 Å². The molecule has 1 saturated carbocycles. The van der Waals surface area contributed by atoms with Gasteiger partial charge < -0.3 is 9.47 Å². The maximum atomic E-state index is 5.93. The van der Waals surface area contributed by atoms with Crippen molar-refractivity contribution in [2.24, 2.45) is 11.3 Å². The minimum Gasteiger partial charge on any atom is -0.490 e. The summed E-state index contributed by atoms with van der Waals surface area (Å²) < 4.78 is 11.5. The Kier molecular flexibility index (Phi) is 4.36. The van der Waals surface area contributed by atoms with E-state index in [1.54, 1.807) is 0 Å². The average Bonchev–Trinajstić information content (AvgIpc) is 2.87. The third-order valence-electron chi connectivity index (χ3n) is 5.19. The molecule has 1 aromatic rings. The molecule has 0 aromatic heterocycles. The lowest BCUT2D eigenvalue weighted by atomic mass is 9.73. The fraction of sp³-hybridized carbons (Fsp3) is 0.647. The van der Waals surface area contributed by atoms with Crippen molar-refractivity contribution in [3.63, 3.8) is 0 Å². The minimum atomic E-state index is 0.183. The summed E-state index contributed by atoms with van der Waals surface area (Å²) in [5, 5.41) is 0. The van der Waals surface area contributed by atoms with Crippen LogP contribution in [0.25, 0.3) is 0 Å². The Labute approximate surface area is 127 Å². The predicted molar refractivity (Wildman–Crippen MR) is 83.3 cm³/mol. The Bertz CT molecular complexity index is 484. The van der Waals surface area contributed by atoms with Crippen molar-refractivity contribution in [1.82, 2.24) is 5.43 Å². The van der Waals surface area contributed by atoms with Crippen molar-refractivity contribution in [2.45, 2.75) is 51.5 Å². The maximum absolute atomic E-state index is 5.93. The van der Waals surface area contributed by atoms with Crippen LogP contribution in [0.2, 0.25) is 0 Å². The van der Waals surface area contributed by atoms with E-state index in [0.29, 0.717) is 0 Å². The molecule has 0 saturated heterocycles. The molecular weight excluding hydrogens is 264 g/mol. The summed E-state index contributed by atoms with van der Waals surface area (Å²) in [7, 11) is 0. The number of hydrogen-bond donors (Lipinski definition) is 2. The zero-order valence-corrected chi connectivity index (χ0v) is 12.9. The van der Waals surface area contributed by atoms with Crippen molar-refractivity contribution in [2.75, 3.05) is 13.2 Å². The summed E-state index contributed by atoms with van der Waals surface area (Å²) in [6.45, 7) is 3.72. The molecule has 1 aliphatic heterocycles. The predicted octanol–water partition coefficient (Wildman–Crippen LogP) is 3.32. The van der Waals surface area contributed by atoms with Crippen LogP contribution in [0.3, 0.4) is 0 Å². The number of rotatable bonds is 4. The first kappa shape index (κ1) is 14.7. The fourth-order valence-corrected chi connectivity index (χ4v) is 3.91. The summed E-state index contributed by atoms with van der Waals surface area (Å²) in [5.41, 5.74) is 4.56. The van der Waals surface area contributed by atoms with Gasteiger partial charge in [0.15, 0.2) is 11.5 Å². The first-order valence-corrected chi connectivity index (χ1v) is 8.15. The van der Waals surface area contributed by atoms with Crippen molar-refractivity contribution in [1.29, 1.82) is 0 Å². The van der Waals surface area contributed by atoms with Gasteiger partial charge in [0, 0.05) is 6.42 Å². The molecule has 4 nitrogen and oxygen atoms in total. The van der Waals surface area contributed by atoms with Gasteiger partial charge in [0.1, 0.15) is 0 Å². The zero-order chi connectivity index (χ0) is 14.7. The molecule has 21 heavy (non-hydrogen) atoms. The van der Waals surface area contributed by atoms with Crippen molar-refractivity contribution in [3.05, 3.63) is 23.8 Å². The Morgan fingerprint density at radius 3 is 2.52 bits per heavy atom. The van der Waals surface area contributed by atoms with Gasteiger partial charge in [0.25, 0.3) is 0 Å². The molecule has 0 spiro atoms. The van der Waals surface area contributed by atoms with E-state index < -0.39 is 0 Å². The van der Waals surface area contributed by atoms with Crippen LogP contribution in [0.1, 0.15) is 57.1 Å². The minimum absolute atomic E-state index is 0.183. The molecule has 3 rings (SSSR count).